The minimum absolute atomic E-state index is 0.707. The first-order valence-electron chi connectivity index (χ1n) is 6.67. The minimum atomic E-state index is 0.707. The predicted molar refractivity (Wildman–Crippen MR) is 67.3 cm³/mol. The van der Waals surface area contributed by atoms with Crippen LogP contribution < -0.4 is 5.32 Å². The Balaban J connectivity index is 2.18. The summed E-state index contributed by atoms with van der Waals surface area (Å²) in [7, 11) is 2.24. The SMILES string of the molecule is CCCCC(C)NC1CCCN(C)CC1. The number of unbranched alkanes of at least 4 members (excludes halogenated alkanes) is 1. The molecule has 0 radical (unpaired) electrons. The molecule has 0 aromatic rings. The number of hydrogen-bond donors (Lipinski definition) is 1. The Morgan fingerprint density at radius 3 is 2.87 bits per heavy atom. The maximum absolute atomic E-state index is 3.79. The molecule has 2 atom stereocenters. The van der Waals surface area contributed by atoms with E-state index in [4.69, 9.17) is 0 Å². The third kappa shape index (κ3) is 5.53. The topological polar surface area (TPSA) is 15.3 Å². The van der Waals surface area contributed by atoms with E-state index >= 15 is 0 Å². The zero-order valence-electron chi connectivity index (χ0n) is 10.8. The average molecular weight is 212 g/mol. The van der Waals surface area contributed by atoms with Crippen molar-refractivity contribution in [1.82, 2.24) is 10.2 Å². The lowest BCUT2D eigenvalue weighted by Crippen LogP contribution is -2.37. The van der Waals surface area contributed by atoms with Crippen LogP contribution in [0.4, 0.5) is 0 Å². The van der Waals surface area contributed by atoms with Crippen molar-refractivity contribution in [2.45, 2.75) is 64.5 Å². The predicted octanol–water partition coefficient (Wildman–Crippen LogP) is 2.64. The summed E-state index contributed by atoms with van der Waals surface area (Å²) in [5.41, 5.74) is 0. The van der Waals surface area contributed by atoms with Crippen molar-refractivity contribution in [1.29, 1.82) is 0 Å². The largest absolute Gasteiger partial charge is 0.311 e. The lowest BCUT2D eigenvalue weighted by molar-refractivity contribution is 0.337. The fourth-order valence-electron chi connectivity index (χ4n) is 2.40. The third-order valence-corrected chi connectivity index (χ3v) is 3.46. The van der Waals surface area contributed by atoms with E-state index < -0.39 is 0 Å². The van der Waals surface area contributed by atoms with Gasteiger partial charge < -0.3 is 10.2 Å². The zero-order chi connectivity index (χ0) is 11.1. The summed E-state index contributed by atoms with van der Waals surface area (Å²) in [5, 5.41) is 3.79. The number of nitrogens with one attached hydrogen (secondary N) is 1. The summed E-state index contributed by atoms with van der Waals surface area (Å²) in [5.74, 6) is 0. The van der Waals surface area contributed by atoms with Crippen LogP contribution in [0.3, 0.4) is 0 Å². The quantitative estimate of drug-likeness (QED) is 0.753. The molecule has 0 spiro atoms. The van der Waals surface area contributed by atoms with Crippen LogP contribution in [0.5, 0.6) is 0 Å². The number of rotatable bonds is 5. The fourth-order valence-corrected chi connectivity index (χ4v) is 2.40. The second-order valence-corrected chi connectivity index (χ2v) is 5.14. The molecular weight excluding hydrogens is 184 g/mol. The Hall–Kier alpha value is -0.0800. The lowest BCUT2D eigenvalue weighted by atomic mass is 10.1. The van der Waals surface area contributed by atoms with Crippen LogP contribution >= 0.6 is 0 Å². The molecule has 1 fully saturated rings. The Kier molecular flexibility index (Phi) is 6.26. The first kappa shape index (κ1) is 13.0. The van der Waals surface area contributed by atoms with E-state index in [-0.39, 0.29) is 0 Å². The van der Waals surface area contributed by atoms with Crippen molar-refractivity contribution in [2.24, 2.45) is 0 Å². The highest BCUT2D eigenvalue weighted by atomic mass is 15.1. The molecule has 0 bridgehead atoms. The van der Waals surface area contributed by atoms with Crippen molar-refractivity contribution in [3.63, 3.8) is 0 Å². The molecule has 2 heteroatoms. The summed E-state index contributed by atoms with van der Waals surface area (Å²) in [6.45, 7) is 7.15. The summed E-state index contributed by atoms with van der Waals surface area (Å²) in [6.07, 6.45) is 8.06. The van der Waals surface area contributed by atoms with Crippen LogP contribution in [0.25, 0.3) is 0 Å². The lowest BCUT2D eigenvalue weighted by Gasteiger charge is -2.22. The van der Waals surface area contributed by atoms with Crippen LogP contribution in [0.2, 0.25) is 0 Å². The van der Waals surface area contributed by atoms with E-state index in [9.17, 15) is 0 Å². The Labute approximate surface area is 95.4 Å². The van der Waals surface area contributed by atoms with Crippen molar-refractivity contribution in [2.75, 3.05) is 20.1 Å². The Morgan fingerprint density at radius 2 is 2.13 bits per heavy atom. The highest BCUT2D eigenvalue weighted by Gasteiger charge is 2.15. The molecule has 1 saturated heterocycles. The average Bonchev–Trinajstić information content (AvgIpc) is 2.41. The summed E-state index contributed by atoms with van der Waals surface area (Å²) in [4.78, 5) is 2.46. The number of likely N-dealkylation sites (tertiary alicyclic amines) is 1. The molecule has 1 heterocycles. The first-order valence-corrected chi connectivity index (χ1v) is 6.67. The molecule has 0 saturated carbocycles. The molecule has 0 aliphatic carbocycles. The molecule has 2 unspecified atom stereocenters. The molecule has 0 aromatic carbocycles. The number of nitrogens with zero attached hydrogens (tertiary/aromatic N) is 1. The van der Waals surface area contributed by atoms with Crippen LogP contribution in [0.1, 0.15) is 52.4 Å². The molecule has 1 N–H and O–H groups in total. The van der Waals surface area contributed by atoms with Gasteiger partial charge in [0.05, 0.1) is 0 Å². The van der Waals surface area contributed by atoms with Gasteiger partial charge in [0.25, 0.3) is 0 Å². The van der Waals surface area contributed by atoms with Crippen LogP contribution in [0.15, 0.2) is 0 Å². The van der Waals surface area contributed by atoms with Gasteiger partial charge in [0, 0.05) is 12.1 Å². The van der Waals surface area contributed by atoms with Crippen LogP contribution in [0, 0.1) is 0 Å². The standard InChI is InChI=1S/C13H28N2/c1-4-5-7-12(2)14-13-8-6-10-15(3)11-9-13/h12-14H,4-11H2,1-3H3. The van der Waals surface area contributed by atoms with Crippen molar-refractivity contribution >= 4 is 0 Å². The summed E-state index contributed by atoms with van der Waals surface area (Å²) < 4.78 is 0. The Bertz CT molecular complexity index is 159. The van der Waals surface area contributed by atoms with Gasteiger partial charge >= 0.3 is 0 Å². The van der Waals surface area contributed by atoms with E-state index in [1.807, 2.05) is 0 Å². The minimum Gasteiger partial charge on any atom is -0.311 e. The van der Waals surface area contributed by atoms with Crippen LogP contribution in [-0.2, 0) is 0 Å². The second kappa shape index (κ2) is 7.24. The highest BCUT2D eigenvalue weighted by Crippen LogP contribution is 2.11. The van der Waals surface area contributed by atoms with Gasteiger partial charge in [-0.3, -0.25) is 0 Å². The molecule has 1 aliphatic rings. The fraction of sp³-hybridized carbons (Fsp3) is 1.00. The van der Waals surface area contributed by atoms with Gasteiger partial charge in [0.2, 0.25) is 0 Å². The maximum atomic E-state index is 3.79. The van der Waals surface area contributed by atoms with E-state index in [1.54, 1.807) is 0 Å². The van der Waals surface area contributed by atoms with Gasteiger partial charge in [-0.2, -0.15) is 0 Å². The highest BCUT2D eigenvalue weighted by molar-refractivity contribution is 4.76. The molecule has 2 nitrogen and oxygen atoms in total. The van der Waals surface area contributed by atoms with Gasteiger partial charge in [-0.25, -0.2) is 0 Å². The molecule has 0 aromatic heterocycles. The van der Waals surface area contributed by atoms with Crippen molar-refractivity contribution in [3.05, 3.63) is 0 Å². The molecule has 15 heavy (non-hydrogen) atoms. The van der Waals surface area contributed by atoms with Crippen molar-refractivity contribution in [3.8, 4) is 0 Å². The normalized spacial score (nSPS) is 26.2. The second-order valence-electron chi connectivity index (χ2n) is 5.14. The van der Waals surface area contributed by atoms with E-state index in [1.165, 1.54) is 51.6 Å². The van der Waals surface area contributed by atoms with Gasteiger partial charge in [-0.15, -0.1) is 0 Å². The van der Waals surface area contributed by atoms with E-state index in [0.717, 1.165) is 6.04 Å². The first-order chi connectivity index (χ1) is 7.22. The van der Waals surface area contributed by atoms with Gasteiger partial charge in [-0.05, 0) is 52.7 Å². The smallest absolute Gasteiger partial charge is 0.00821 e. The van der Waals surface area contributed by atoms with Gasteiger partial charge in [-0.1, -0.05) is 19.8 Å². The summed E-state index contributed by atoms with van der Waals surface area (Å²) in [6, 6.07) is 1.47. The van der Waals surface area contributed by atoms with E-state index in [2.05, 4.69) is 31.1 Å². The van der Waals surface area contributed by atoms with E-state index in [0.29, 0.717) is 6.04 Å². The molecule has 0 amide bonds. The molecular formula is C13H28N2. The Morgan fingerprint density at radius 1 is 1.33 bits per heavy atom. The van der Waals surface area contributed by atoms with Gasteiger partial charge in [0.15, 0.2) is 0 Å². The third-order valence-electron chi connectivity index (χ3n) is 3.46. The van der Waals surface area contributed by atoms with Crippen molar-refractivity contribution < 1.29 is 0 Å². The van der Waals surface area contributed by atoms with Gasteiger partial charge in [0.1, 0.15) is 0 Å². The zero-order valence-corrected chi connectivity index (χ0v) is 10.8. The molecule has 90 valence electrons. The van der Waals surface area contributed by atoms with Crippen LogP contribution in [-0.4, -0.2) is 37.1 Å². The molecule has 1 aliphatic heterocycles. The monoisotopic (exact) mass is 212 g/mol. The number of hydrogen-bond acceptors (Lipinski definition) is 2. The maximum Gasteiger partial charge on any atom is 0.00821 e. The molecule has 1 rings (SSSR count). The summed E-state index contributed by atoms with van der Waals surface area (Å²) >= 11 is 0.